The topological polar surface area (TPSA) is 26.3 Å². The molecule has 1 aromatic carbocycles. The SMILES string of the molecule is COC(=O)Cc1c(C)cc(CBr)cc1Cl. The summed E-state index contributed by atoms with van der Waals surface area (Å²) < 4.78 is 4.61. The Kier molecular flexibility index (Phi) is 4.61. The molecular formula is C11H12BrClO2. The van der Waals surface area contributed by atoms with Gasteiger partial charge < -0.3 is 4.74 Å². The first-order valence-electron chi connectivity index (χ1n) is 4.49. The summed E-state index contributed by atoms with van der Waals surface area (Å²) in [6.07, 6.45) is 0.226. The number of alkyl halides is 1. The predicted octanol–water partition coefficient (Wildman–Crippen LogP) is 3.26. The molecule has 0 spiro atoms. The van der Waals surface area contributed by atoms with Crippen molar-refractivity contribution < 1.29 is 9.53 Å². The van der Waals surface area contributed by atoms with E-state index in [0.717, 1.165) is 22.0 Å². The van der Waals surface area contributed by atoms with Gasteiger partial charge in [0.2, 0.25) is 0 Å². The highest BCUT2D eigenvalue weighted by Crippen LogP contribution is 2.24. The maximum atomic E-state index is 11.1. The Morgan fingerprint density at radius 1 is 1.53 bits per heavy atom. The third-order valence-corrected chi connectivity index (χ3v) is 3.17. The zero-order valence-electron chi connectivity index (χ0n) is 8.64. The molecule has 15 heavy (non-hydrogen) atoms. The summed E-state index contributed by atoms with van der Waals surface area (Å²) in [5.41, 5.74) is 2.96. The van der Waals surface area contributed by atoms with Gasteiger partial charge in [0.1, 0.15) is 0 Å². The summed E-state index contributed by atoms with van der Waals surface area (Å²) >= 11 is 9.45. The van der Waals surface area contributed by atoms with Gasteiger partial charge in [0.15, 0.2) is 0 Å². The van der Waals surface area contributed by atoms with E-state index in [4.69, 9.17) is 11.6 Å². The zero-order valence-corrected chi connectivity index (χ0v) is 11.0. The van der Waals surface area contributed by atoms with E-state index in [0.29, 0.717) is 5.02 Å². The van der Waals surface area contributed by atoms with E-state index < -0.39 is 0 Å². The van der Waals surface area contributed by atoms with E-state index in [2.05, 4.69) is 20.7 Å². The van der Waals surface area contributed by atoms with Crippen molar-refractivity contribution in [2.24, 2.45) is 0 Å². The minimum atomic E-state index is -0.272. The van der Waals surface area contributed by atoms with E-state index in [-0.39, 0.29) is 12.4 Å². The number of esters is 1. The second kappa shape index (κ2) is 5.52. The van der Waals surface area contributed by atoms with Crippen molar-refractivity contribution in [2.75, 3.05) is 7.11 Å². The molecule has 0 fully saturated rings. The Bertz CT molecular complexity index is 354. The fraction of sp³-hybridized carbons (Fsp3) is 0.364. The molecule has 0 saturated carbocycles. The molecule has 0 aliphatic carbocycles. The molecule has 0 atom stereocenters. The lowest BCUT2D eigenvalue weighted by Crippen LogP contribution is -2.06. The zero-order chi connectivity index (χ0) is 11.4. The van der Waals surface area contributed by atoms with Gasteiger partial charge in [0.05, 0.1) is 13.5 Å². The van der Waals surface area contributed by atoms with Gasteiger partial charge in [-0.3, -0.25) is 4.79 Å². The van der Waals surface area contributed by atoms with Crippen molar-refractivity contribution in [3.05, 3.63) is 33.8 Å². The standard InChI is InChI=1S/C11H12BrClO2/c1-7-3-8(6-12)4-10(13)9(7)5-11(14)15-2/h3-4H,5-6H2,1-2H3. The summed E-state index contributed by atoms with van der Waals surface area (Å²) in [5.74, 6) is -0.272. The monoisotopic (exact) mass is 290 g/mol. The normalized spacial score (nSPS) is 10.1. The number of carbonyl (C=O) groups excluding carboxylic acids is 1. The van der Waals surface area contributed by atoms with Gasteiger partial charge in [-0.2, -0.15) is 0 Å². The first kappa shape index (κ1) is 12.5. The summed E-state index contributed by atoms with van der Waals surface area (Å²) in [6.45, 7) is 1.94. The van der Waals surface area contributed by atoms with Gasteiger partial charge in [-0.15, -0.1) is 0 Å². The van der Waals surface area contributed by atoms with E-state index >= 15 is 0 Å². The Labute approximate surface area is 103 Å². The number of rotatable bonds is 3. The number of hydrogen-bond donors (Lipinski definition) is 0. The van der Waals surface area contributed by atoms with Gasteiger partial charge >= 0.3 is 5.97 Å². The molecule has 0 bridgehead atoms. The third kappa shape index (κ3) is 3.21. The van der Waals surface area contributed by atoms with Gasteiger partial charge in [-0.1, -0.05) is 33.6 Å². The van der Waals surface area contributed by atoms with Crippen molar-refractivity contribution in [3.8, 4) is 0 Å². The van der Waals surface area contributed by atoms with Gasteiger partial charge in [0.25, 0.3) is 0 Å². The minimum Gasteiger partial charge on any atom is -0.469 e. The highest BCUT2D eigenvalue weighted by molar-refractivity contribution is 9.08. The molecule has 0 aromatic heterocycles. The number of carbonyl (C=O) groups is 1. The van der Waals surface area contributed by atoms with Crippen LogP contribution in [0.3, 0.4) is 0 Å². The average Bonchev–Trinajstić information content (AvgIpc) is 2.22. The maximum absolute atomic E-state index is 11.1. The molecule has 0 radical (unpaired) electrons. The summed E-state index contributed by atoms with van der Waals surface area (Å²) in [5, 5.41) is 1.38. The fourth-order valence-electron chi connectivity index (χ4n) is 1.36. The molecule has 0 unspecified atom stereocenters. The second-order valence-electron chi connectivity index (χ2n) is 3.26. The molecule has 0 saturated heterocycles. The molecule has 2 nitrogen and oxygen atoms in total. The predicted molar refractivity (Wildman–Crippen MR) is 64.5 cm³/mol. The first-order valence-corrected chi connectivity index (χ1v) is 5.99. The van der Waals surface area contributed by atoms with Crippen molar-refractivity contribution in [2.45, 2.75) is 18.7 Å². The van der Waals surface area contributed by atoms with Crippen LogP contribution < -0.4 is 0 Å². The lowest BCUT2D eigenvalue weighted by molar-refractivity contribution is -0.139. The number of hydrogen-bond acceptors (Lipinski definition) is 2. The third-order valence-electron chi connectivity index (χ3n) is 2.18. The average molecular weight is 292 g/mol. The molecule has 0 N–H and O–H groups in total. The maximum Gasteiger partial charge on any atom is 0.310 e. The lowest BCUT2D eigenvalue weighted by atomic mass is 10.0. The van der Waals surface area contributed by atoms with Crippen LogP contribution in [0.15, 0.2) is 12.1 Å². The van der Waals surface area contributed by atoms with Crippen LogP contribution in [0.4, 0.5) is 0 Å². The summed E-state index contributed by atoms with van der Waals surface area (Å²) in [6, 6.07) is 3.88. The highest BCUT2D eigenvalue weighted by Gasteiger charge is 2.11. The number of ether oxygens (including phenoxy) is 1. The minimum absolute atomic E-state index is 0.226. The smallest absolute Gasteiger partial charge is 0.310 e. The number of benzene rings is 1. The molecule has 1 aromatic rings. The Hall–Kier alpha value is -0.540. The highest BCUT2D eigenvalue weighted by atomic mass is 79.9. The van der Waals surface area contributed by atoms with Crippen molar-refractivity contribution in [1.29, 1.82) is 0 Å². The van der Waals surface area contributed by atoms with Gasteiger partial charge in [0, 0.05) is 10.4 Å². The lowest BCUT2D eigenvalue weighted by Gasteiger charge is -2.09. The second-order valence-corrected chi connectivity index (χ2v) is 4.23. The van der Waals surface area contributed by atoms with Crippen molar-refractivity contribution in [3.63, 3.8) is 0 Å². The van der Waals surface area contributed by atoms with Crippen LogP contribution in [0.25, 0.3) is 0 Å². The van der Waals surface area contributed by atoms with E-state index in [1.54, 1.807) is 0 Å². The Morgan fingerprint density at radius 2 is 2.20 bits per heavy atom. The van der Waals surface area contributed by atoms with E-state index in [1.165, 1.54) is 7.11 Å². The van der Waals surface area contributed by atoms with Crippen LogP contribution in [0.2, 0.25) is 5.02 Å². The molecular weight excluding hydrogens is 279 g/mol. The molecule has 1 rings (SSSR count). The number of aryl methyl sites for hydroxylation is 1. The largest absolute Gasteiger partial charge is 0.469 e. The number of methoxy groups -OCH3 is 1. The molecule has 0 amide bonds. The summed E-state index contributed by atoms with van der Waals surface area (Å²) in [7, 11) is 1.37. The quantitative estimate of drug-likeness (QED) is 0.631. The van der Waals surface area contributed by atoms with E-state index in [9.17, 15) is 4.79 Å². The summed E-state index contributed by atoms with van der Waals surface area (Å²) in [4.78, 5) is 11.1. The molecule has 82 valence electrons. The van der Waals surface area contributed by atoms with Crippen LogP contribution in [0.1, 0.15) is 16.7 Å². The van der Waals surface area contributed by atoms with E-state index in [1.807, 2.05) is 19.1 Å². The Balaban J connectivity index is 3.03. The van der Waals surface area contributed by atoms with Crippen LogP contribution in [-0.4, -0.2) is 13.1 Å². The van der Waals surface area contributed by atoms with Crippen molar-refractivity contribution in [1.82, 2.24) is 0 Å². The van der Waals surface area contributed by atoms with Crippen LogP contribution >= 0.6 is 27.5 Å². The number of halogens is 2. The van der Waals surface area contributed by atoms with Crippen LogP contribution in [0.5, 0.6) is 0 Å². The molecule has 0 aliphatic heterocycles. The molecule has 0 heterocycles. The van der Waals surface area contributed by atoms with Crippen LogP contribution in [-0.2, 0) is 21.3 Å². The fourth-order valence-corrected chi connectivity index (χ4v) is 2.04. The van der Waals surface area contributed by atoms with Gasteiger partial charge in [-0.05, 0) is 29.7 Å². The van der Waals surface area contributed by atoms with Crippen molar-refractivity contribution >= 4 is 33.5 Å². The van der Waals surface area contributed by atoms with Gasteiger partial charge in [-0.25, -0.2) is 0 Å². The Morgan fingerprint density at radius 3 is 2.67 bits per heavy atom. The molecule has 0 aliphatic rings. The van der Waals surface area contributed by atoms with Crippen LogP contribution in [0, 0.1) is 6.92 Å². The molecule has 4 heteroatoms. The first-order chi connectivity index (χ1) is 7.08.